The number of anilines is 2. The molecule has 7 heteroatoms. The molecule has 1 aliphatic rings. The van der Waals surface area contributed by atoms with Gasteiger partial charge in [-0.1, -0.05) is 24.3 Å². The van der Waals surface area contributed by atoms with Gasteiger partial charge in [0.1, 0.15) is 11.6 Å². The summed E-state index contributed by atoms with van der Waals surface area (Å²) in [7, 11) is 0. The van der Waals surface area contributed by atoms with E-state index in [1.807, 2.05) is 30.2 Å². The van der Waals surface area contributed by atoms with Crippen LogP contribution in [0.1, 0.15) is 11.1 Å². The molecule has 0 atom stereocenters. The first-order valence-corrected chi connectivity index (χ1v) is 7.57. The summed E-state index contributed by atoms with van der Waals surface area (Å²) in [5, 5.41) is 0.542. The van der Waals surface area contributed by atoms with Gasteiger partial charge in [-0.2, -0.15) is 13.2 Å². The molecule has 2 heterocycles. The van der Waals surface area contributed by atoms with E-state index in [2.05, 4.69) is 4.98 Å². The lowest BCUT2D eigenvalue weighted by Gasteiger charge is -2.21. The summed E-state index contributed by atoms with van der Waals surface area (Å²) >= 11 is 0. The number of benzene rings is 2. The zero-order valence-corrected chi connectivity index (χ0v) is 14.1. The third-order valence-corrected chi connectivity index (χ3v) is 4.27. The molecular formula is C19H12ClF3N2O. The van der Waals surface area contributed by atoms with E-state index in [1.165, 1.54) is 12.3 Å². The van der Waals surface area contributed by atoms with E-state index in [-0.39, 0.29) is 17.9 Å². The molecule has 0 saturated heterocycles. The highest BCUT2D eigenvalue weighted by atomic mass is 35.5. The van der Waals surface area contributed by atoms with Crippen LogP contribution in [0.15, 0.2) is 60.4 Å². The molecule has 0 aliphatic carbocycles. The van der Waals surface area contributed by atoms with Crippen LogP contribution in [0, 0.1) is 0 Å². The Kier molecular flexibility index (Phi) is 4.48. The maximum absolute atomic E-state index is 12.9. The number of nitrogens with zero attached hydrogens (tertiary/aromatic N) is 2. The normalized spacial score (nSPS) is 13.3. The van der Waals surface area contributed by atoms with Gasteiger partial charge < -0.3 is 4.90 Å². The van der Waals surface area contributed by atoms with E-state index in [4.69, 9.17) is 0 Å². The number of hydrogen-bond donors (Lipinski definition) is 0. The van der Waals surface area contributed by atoms with Crippen molar-refractivity contribution in [2.24, 2.45) is 0 Å². The SMILES string of the molecule is Cl.O=C=C1Cc2ccccc2N1c1ccnc2cc(C(F)(F)F)ccc12. The largest absolute Gasteiger partial charge is 0.416 e. The average Bonchev–Trinajstić information content (AvgIpc) is 2.98. The smallest absolute Gasteiger partial charge is 0.303 e. The summed E-state index contributed by atoms with van der Waals surface area (Å²) in [5.41, 5.74) is 2.31. The number of rotatable bonds is 1. The Morgan fingerprint density at radius 2 is 1.81 bits per heavy atom. The summed E-state index contributed by atoms with van der Waals surface area (Å²) in [6.45, 7) is 0. The quantitative estimate of drug-likeness (QED) is 0.555. The van der Waals surface area contributed by atoms with Crippen LogP contribution in [-0.2, 0) is 17.4 Å². The molecule has 0 unspecified atom stereocenters. The van der Waals surface area contributed by atoms with Crippen molar-refractivity contribution in [1.29, 1.82) is 0 Å². The van der Waals surface area contributed by atoms with Crippen LogP contribution in [0.5, 0.6) is 0 Å². The number of pyridine rings is 1. The van der Waals surface area contributed by atoms with Gasteiger partial charge in [-0.3, -0.25) is 4.98 Å². The minimum absolute atomic E-state index is 0. The van der Waals surface area contributed by atoms with Gasteiger partial charge in [0.25, 0.3) is 0 Å². The number of aromatic nitrogens is 1. The molecule has 132 valence electrons. The fraction of sp³-hybridized carbons (Fsp3) is 0.105. The van der Waals surface area contributed by atoms with Crippen molar-refractivity contribution in [3.05, 3.63) is 71.6 Å². The average molecular weight is 377 g/mol. The molecule has 1 aromatic heterocycles. The van der Waals surface area contributed by atoms with Crippen molar-refractivity contribution >= 4 is 40.6 Å². The first kappa shape index (κ1) is 18.0. The molecule has 0 spiro atoms. The number of fused-ring (bicyclic) bond motifs is 2. The van der Waals surface area contributed by atoms with E-state index >= 15 is 0 Å². The zero-order chi connectivity index (χ0) is 17.6. The van der Waals surface area contributed by atoms with E-state index in [0.717, 1.165) is 23.4 Å². The second kappa shape index (κ2) is 6.48. The summed E-state index contributed by atoms with van der Waals surface area (Å²) in [6.07, 6.45) is -2.55. The van der Waals surface area contributed by atoms with Crippen molar-refractivity contribution in [2.45, 2.75) is 12.6 Å². The van der Waals surface area contributed by atoms with Crippen LogP contribution in [0.25, 0.3) is 10.9 Å². The number of hydrogen-bond acceptors (Lipinski definition) is 3. The molecule has 3 aromatic rings. The van der Waals surface area contributed by atoms with Gasteiger partial charge in [-0.05, 0) is 29.8 Å². The molecular weight excluding hydrogens is 365 g/mol. The Morgan fingerprint density at radius 3 is 2.54 bits per heavy atom. The van der Waals surface area contributed by atoms with Crippen molar-refractivity contribution in [2.75, 3.05) is 4.90 Å². The lowest BCUT2D eigenvalue weighted by atomic mass is 10.1. The molecule has 1 aliphatic heterocycles. The van der Waals surface area contributed by atoms with Gasteiger partial charge in [0.2, 0.25) is 0 Å². The molecule has 0 saturated carbocycles. The first-order valence-electron chi connectivity index (χ1n) is 7.57. The van der Waals surface area contributed by atoms with Crippen LogP contribution in [0.3, 0.4) is 0 Å². The van der Waals surface area contributed by atoms with E-state index < -0.39 is 11.7 Å². The minimum Gasteiger partial charge on any atom is -0.303 e. The second-order valence-electron chi connectivity index (χ2n) is 5.75. The molecule has 0 amide bonds. The number of halogens is 4. The number of allylic oxidation sites excluding steroid dienone is 1. The number of carbonyl (C=O) groups excluding carboxylic acids is 1. The Bertz CT molecular complexity index is 1040. The van der Waals surface area contributed by atoms with Crippen LogP contribution < -0.4 is 4.90 Å². The van der Waals surface area contributed by atoms with Gasteiger partial charge in [0.15, 0.2) is 0 Å². The predicted octanol–water partition coefficient (Wildman–Crippen LogP) is 5.09. The highest BCUT2D eigenvalue weighted by molar-refractivity contribution is 5.97. The van der Waals surface area contributed by atoms with Crippen LogP contribution in [0.2, 0.25) is 0 Å². The summed E-state index contributed by atoms with van der Waals surface area (Å²) in [4.78, 5) is 17.2. The lowest BCUT2D eigenvalue weighted by molar-refractivity contribution is -0.137. The molecule has 0 radical (unpaired) electrons. The zero-order valence-electron chi connectivity index (χ0n) is 13.2. The molecule has 3 nitrogen and oxygen atoms in total. The molecule has 0 bridgehead atoms. The maximum Gasteiger partial charge on any atom is 0.416 e. The Hall–Kier alpha value is -2.82. The summed E-state index contributed by atoms with van der Waals surface area (Å²) in [5.74, 6) is 1.95. The Balaban J connectivity index is 0.00000196. The Morgan fingerprint density at radius 1 is 1.04 bits per heavy atom. The monoisotopic (exact) mass is 376 g/mol. The molecule has 4 rings (SSSR count). The van der Waals surface area contributed by atoms with Gasteiger partial charge in [-0.25, -0.2) is 4.79 Å². The van der Waals surface area contributed by atoms with Crippen molar-refractivity contribution in [1.82, 2.24) is 4.98 Å². The second-order valence-corrected chi connectivity index (χ2v) is 5.75. The molecule has 2 aromatic carbocycles. The fourth-order valence-corrected chi connectivity index (χ4v) is 3.14. The third kappa shape index (κ3) is 2.83. The van der Waals surface area contributed by atoms with Crippen LogP contribution in [0.4, 0.5) is 24.5 Å². The predicted molar refractivity (Wildman–Crippen MR) is 95.5 cm³/mol. The minimum atomic E-state index is -4.43. The van der Waals surface area contributed by atoms with Crippen molar-refractivity contribution in [3.63, 3.8) is 0 Å². The van der Waals surface area contributed by atoms with Gasteiger partial charge in [0, 0.05) is 18.0 Å². The van der Waals surface area contributed by atoms with Crippen LogP contribution >= 0.6 is 12.4 Å². The van der Waals surface area contributed by atoms with Gasteiger partial charge in [0.05, 0.1) is 22.5 Å². The van der Waals surface area contributed by atoms with E-state index in [9.17, 15) is 18.0 Å². The standard InChI is InChI=1S/C19H11F3N2O.ClH/c20-19(21,22)13-5-6-15-16(10-13)23-8-7-18(15)24-14(11-25)9-12-3-1-2-4-17(12)24;/h1-8,10H,9H2;1H. The molecule has 0 N–H and O–H groups in total. The Labute approximate surface area is 153 Å². The van der Waals surface area contributed by atoms with E-state index in [1.54, 1.807) is 11.0 Å². The van der Waals surface area contributed by atoms with Crippen molar-refractivity contribution < 1.29 is 18.0 Å². The summed E-state index contributed by atoms with van der Waals surface area (Å²) in [6, 6.07) is 12.6. The topological polar surface area (TPSA) is 33.2 Å². The van der Waals surface area contributed by atoms with Crippen molar-refractivity contribution in [3.8, 4) is 0 Å². The number of alkyl halides is 3. The maximum atomic E-state index is 12.9. The third-order valence-electron chi connectivity index (χ3n) is 4.27. The van der Waals surface area contributed by atoms with E-state index in [0.29, 0.717) is 23.2 Å². The highest BCUT2D eigenvalue weighted by Crippen LogP contribution is 2.42. The first-order chi connectivity index (χ1) is 12.0. The van der Waals surface area contributed by atoms with Crippen LogP contribution in [-0.4, -0.2) is 10.9 Å². The van der Waals surface area contributed by atoms with Gasteiger partial charge in [-0.15, -0.1) is 12.4 Å². The highest BCUT2D eigenvalue weighted by Gasteiger charge is 2.32. The number of para-hydroxylation sites is 1. The molecule has 0 fully saturated rings. The fourth-order valence-electron chi connectivity index (χ4n) is 3.14. The lowest BCUT2D eigenvalue weighted by Crippen LogP contribution is -2.13. The summed E-state index contributed by atoms with van der Waals surface area (Å²) < 4.78 is 38.8. The van der Waals surface area contributed by atoms with Gasteiger partial charge >= 0.3 is 6.18 Å². The molecule has 26 heavy (non-hydrogen) atoms.